The molecule has 4 heteroatoms. The Labute approximate surface area is 152 Å². The lowest BCUT2D eigenvalue weighted by Gasteiger charge is -2.32. The summed E-state index contributed by atoms with van der Waals surface area (Å²) >= 11 is 12.2. The van der Waals surface area contributed by atoms with Crippen LogP contribution in [0.25, 0.3) is 0 Å². The molecule has 0 spiro atoms. The molecule has 1 atom stereocenters. The molecule has 0 saturated heterocycles. The molecule has 0 aliphatic rings. The first-order valence-electron chi connectivity index (χ1n) is 8.00. The molecular formula is C20H20Cl2O2. The van der Waals surface area contributed by atoms with Crippen molar-refractivity contribution < 1.29 is 9.59 Å². The van der Waals surface area contributed by atoms with E-state index in [9.17, 15) is 9.59 Å². The zero-order valence-electron chi connectivity index (χ0n) is 13.8. The summed E-state index contributed by atoms with van der Waals surface area (Å²) in [5.41, 5.74) is 2.68. The van der Waals surface area contributed by atoms with Gasteiger partial charge in [0.1, 0.15) is 12.6 Å². The van der Waals surface area contributed by atoms with E-state index < -0.39 is 5.41 Å². The second-order valence-electron chi connectivity index (χ2n) is 5.75. The van der Waals surface area contributed by atoms with Crippen LogP contribution in [-0.2, 0) is 27.8 Å². The molecule has 1 unspecified atom stereocenters. The average molecular weight is 363 g/mol. The highest BCUT2D eigenvalue weighted by Gasteiger charge is 2.37. The highest BCUT2D eigenvalue weighted by molar-refractivity contribution is 6.42. The first-order chi connectivity index (χ1) is 11.5. The summed E-state index contributed by atoms with van der Waals surface area (Å²) in [6.07, 6.45) is 3.29. The van der Waals surface area contributed by atoms with Crippen LogP contribution in [0, 0.1) is 0 Å². The molecule has 2 rings (SSSR count). The van der Waals surface area contributed by atoms with Gasteiger partial charge in [0.05, 0.1) is 15.5 Å². The Hall–Kier alpha value is -1.64. The normalized spacial score (nSPS) is 13.3. The molecule has 0 aromatic heterocycles. The van der Waals surface area contributed by atoms with Crippen LogP contribution in [-0.4, -0.2) is 12.6 Å². The quantitative estimate of drug-likeness (QED) is 0.634. The van der Waals surface area contributed by atoms with E-state index in [1.807, 2.05) is 32.0 Å². The molecule has 2 aromatic carbocycles. The molecule has 0 N–H and O–H groups in total. The molecule has 0 fully saturated rings. The lowest BCUT2D eigenvalue weighted by atomic mass is 9.69. The molecule has 2 nitrogen and oxygen atoms in total. The van der Waals surface area contributed by atoms with Gasteiger partial charge in [-0.05, 0) is 47.2 Å². The van der Waals surface area contributed by atoms with Gasteiger partial charge in [-0.25, -0.2) is 0 Å². The number of carbonyl (C=O) groups excluding carboxylic acids is 2. The topological polar surface area (TPSA) is 34.1 Å². The fourth-order valence-corrected chi connectivity index (χ4v) is 3.56. The van der Waals surface area contributed by atoms with E-state index in [1.54, 1.807) is 18.2 Å². The van der Waals surface area contributed by atoms with Crippen molar-refractivity contribution in [2.45, 2.75) is 38.5 Å². The third-order valence-corrected chi connectivity index (χ3v) is 5.23. The van der Waals surface area contributed by atoms with Gasteiger partial charge in [0.25, 0.3) is 0 Å². The molecule has 0 aliphatic carbocycles. The Morgan fingerprint density at radius 1 is 0.958 bits per heavy atom. The first-order valence-corrected chi connectivity index (χ1v) is 8.76. The van der Waals surface area contributed by atoms with Gasteiger partial charge in [0, 0.05) is 6.42 Å². The van der Waals surface area contributed by atoms with Gasteiger partial charge >= 0.3 is 0 Å². The summed E-state index contributed by atoms with van der Waals surface area (Å²) in [6.45, 7) is 4.09. The zero-order valence-corrected chi connectivity index (χ0v) is 15.3. The molecule has 2 aromatic rings. The van der Waals surface area contributed by atoms with Gasteiger partial charge in [-0.3, -0.25) is 0 Å². The third kappa shape index (κ3) is 3.26. The summed E-state index contributed by atoms with van der Waals surface area (Å²) in [5.74, 6) is 0. The second kappa shape index (κ2) is 7.96. The van der Waals surface area contributed by atoms with E-state index in [-0.39, 0.29) is 6.42 Å². The average Bonchev–Trinajstić information content (AvgIpc) is 2.61. The molecule has 24 heavy (non-hydrogen) atoms. The summed E-state index contributed by atoms with van der Waals surface area (Å²) in [5, 5.41) is 0.795. The van der Waals surface area contributed by atoms with Gasteiger partial charge in [-0.15, -0.1) is 0 Å². The fourth-order valence-electron chi connectivity index (χ4n) is 3.26. The number of hydrogen-bond acceptors (Lipinski definition) is 2. The molecule has 0 heterocycles. The van der Waals surface area contributed by atoms with Crippen molar-refractivity contribution in [1.82, 2.24) is 0 Å². The maximum atomic E-state index is 12.3. The van der Waals surface area contributed by atoms with E-state index in [2.05, 4.69) is 0 Å². The van der Waals surface area contributed by atoms with Gasteiger partial charge in [-0.2, -0.15) is 0 Å². The molecule has 126 valence electrons. The standard InChI is InChI=1S/C20H20Cl2O2/c1-3-14-6-5-7-15(4-2)19(14)20(13-24,10-11-23)16-8-9-17(21)18(22)12-16/h5-9,11-13H,3-4,10H2,1-2H3. The SMILES string of the molecule is CCc1cccc(CC)c1C(C=O)(CC=O)c1ccc(Cl)c(Cl)c1. The van der Waals surface area contributed by atoms with Crippen LogP contribution >= 0.6 is 23.2 Å². The summed E-state index contributed by atoms with van der Waals surface area (Å²) < 4.78 is 0. The number of benzene rings is 2. The Bertz CT molecular complexity index is 733. The lowest BCUT2D eigenvalue weighted by molar-refractivity contribution is -0.115. The summed E-state index contributed by atoms with van der Waals surface area (Å²) in [6, 6.07) is 11.1. The van der Waals surface area contributed by atoms with E-state index in [1.165, 1.54) is 0 Å². The van der Waals surface area contributed by atoms with Gasteiger partial charge in [0.15, 0.2) is 0 Å². The Morgan fingerprint density at radius 3 is 2.04 bits per heavy atom. The minimum absolute atomic E-state index is 0.0679. The molecule has 0 amide bonds. The van der Waals surface area contributed by atoms with Crippen LogP contribution in [0.1, 0.15) is 42.5 Å². The van der Waals surface area contributed by atoms with Crippen LogP contribution in [0.2, 0.25) is 10.0 Å². The van der Waals surface area contributed by atoms with Crippen LogP contribution in [0.5, 0.6) is 0 Å². The number of rotatable bonds is 7. The van der Waals surface area contributed by atoms with Crippen LogP contribution in [0.15, 0.2) is 36.4 Å². The summed E-state index contributed by atoms with van der Waals surface area (Å²) in [7, 11) is 0. The number of carbonyl (C=O) groups is 2. The molecule has 0 radical (unpaired) electrons. The van der Waals surface area contributed by atoms with Crippen molar-refractivity contribution in [3.8, 4) is 0 Å². The highest BCUT2D eigenvalue weighted by Crippen LogP contribution is 2.40. The minimum Gasteiger partial charge on any atom is -0.303 e. The Kier molecular flexibility index (Phi) is 6.20. The second-order valence-corrected chi connectivity index (χ2v) is 6.56. The van der Waals surface area contributed by atoms with E-state index in [4.69, 9.17) is 23.2 Å². The van der Waals surface area contributed by atoms with Crippen molar-refractivity contribution in [1.29, 1.82) is 0 Å². The van der Waals surface area contributed by atoms with Crippen LogP contribution < -0.4 is 0 Å². The van der Waals surface area contributed by atoms with E-state index in [0.717, 1.165) is 42.1 Å². The van der Waals surface area contributed by atoms with Crippen LogP contribution in [0.4, 0.5) is 0 Å². The highest BCUT2D eigenvalue weighted by atomic mass is 35.5. The van der Waals surface area contributed by atoms with E-state index in [0.29, 0.717) is 15.6 Å². The third-order valence-electron chi connectivity index (χ3n) is 4.49. The smallest absolute Gasteiger partial charge is 0.135 e. The molecule has 0 saturated carbocycles. The maximum Gasteiger partial charge on any atom is 0.135 e. The monoisotopic (exact) mass is 362 g/mol. The maximum absolute atomic E-state index is 12.3. The first kappa shape index (κ1) is 18.7. The van der Waals surface area contributed by atoms with Crippen molar-refractivity contribution in [2.75, 3.05) is 0 Å². The van der Waals surface area contributed by atoms with Gasteiger partial charge < -0.3 is 9.59 Å². The van der Waals surface area contributed by atoms with Crippen molar-refractivity contribution in [3.05, 3.63) is 68.7 Å². The Morgan fingerprint density at radius 2 is 1.58 bits per heavy atom. The number of hydrogen-bond donors (Lipinski definition) is 0. The zero-order chi connectivity index (χ0) is 17.7. The lowest BCUT2D eigenvalue weighted by Crippen LogP contribution is -2.33. The molecule has 0 aliphatic heterocycles. The minimum atomic E-state index is -1.05. The van der Waals surface area contributed by atoms with Crippen molar-refractivity contribution >= 4 is 35.8 Å². The van der Waals surface area contributed by atoms with Crippen molar-refractivity contribution in [2.24, 2.45) is 0 Å². The summed E-state index contributed by atoms with van der Waals surface area (Å²) in [4.78, 5) is 23.8. The van der Waals surface area contributed by atoms with Gasteiger partial charge in [-0.1, -0.05) is 61.3 Å². The van der Waals surface area contributed by atoms with Crippen LogP contribution in [0.3, 0.4) is 0 Å². The predicted molar refractivity (Wildman–Crippen MR) is 99.2 cm³/mol. The molecule has 0 bridgehead atoms. The van der Waals surface area contributed by atoms with E-state index >= 15 is 0 Å². The van der Waals surface area contributed by atoms with Crippen molar-refractivity contribution in [3.63, 3.8) is 0 Å². The Balaban J connectivity index is 2.85. The number of halogens is 2. The predicted octanol–water partition coefficient (Wildman–Crippen LogP) is 5.19. The number of aldehydes is 2. The largest absolute Gasteiger partial charge is 0.303 e. The fraction of sp³-hybridized carbons (Fsp3) is 0.300. The molecular weight excluding hydrogens is 343 g/mol. The number of aryl methyl sites for hydroxylation is 2. The van der Waals surface area contributed by atoms with Gasteiger partial charge in [0.2, 0.25) is 0 Å².